The number of benzene rings is 6. The Kier molecular flexibility index (Phi) is 11.2. The lowest BCUT2D eigenvalue weighted by atomic mass is 9.80. The van der Waals surface area contributed by atoms with Gasteiger partial charge in [0.15, 0.2) is 0 Å². The molecule has 0 atom stereocenters. The van der Waals surface area contributed by atoms with Gasteiger partial charge < -0.3 is 13.9 Å². The summed E-state index contributed by atoms with van der Waals surface area (Å²) in [5, 5.41) is 4.60. The molecule has 6 aromatic carbocycles. The van der Waals surface area contributed by atoms with Crippen molar-refractivity contribution in [2.75, 3.05) is 4.90 Å². The zero-order valence-corrected chi connectivity index (χ0v) is 37.0. The first-order chi connectivity index (χ1) is 30.7. The SMILES string of the molecule is C=C/C=C(\C=C1/CC(/C=C(\C)c2ccccc2)=C(CC)C1(C)C)N(/C(C)=C/C=C(\C=C)n1c2ccccc2c2c3c(ccc21)oc1ccccc13)c1ccc(-c2ccccc2)cc1. The first-order valence-corrected chi connectivity index (χ1v) is 22.0. The highest BCUT2D eigenvalue weighted by Gasteiger charge is 2.35. The Hall–Kier alpha value is -7.36. The molecule has 0 radical (unpaired) electrons. The minimum absolute atomic E-state index is 0.129. The lowest BCUT2D eigenvalue weighted by Crippen LogP contribution is -2.21. The molecular weight excluding hydrogens is 765 g/mol. The molecule has 1 aliphatic rings. The van der Waals surface area contributed by atoms with Gasteiger partial charge in [0.25, 0.3) is 0 Å². The number of aromatic nitrogens is 1. The highest BCUT2D eigenvalue weighted by molar-refractivity contribution is 6.27. The van der Waals surface area contributed by atoms with Gasteiger partial charge >= 0.3 is 0 Å². The maximum atomic E-state index is 6.36. The summed E-state index contributed by atoms with van der Waals surface area (Å²) >= 11 is 0. The van der Waals surface area contributed by atoms with E-state index in [1.54, 1.807) is 0 Å². The van der Waals surface area contributed by atoms with E-state index in [0.29, 0.717) is 0 Å². The van der Waals surface area contributed by atoms with Crippen molar-refractivity contribution >= 4 is 60.7 Å². The van der Waals surface area contributed by atoms with Gasteiger partial charge in [0.1, 0.15) is 11.2 Å². The Morgan fingerprint density at radius 2 is 1.35 bits per heavy atom. The minimum Gasteiger partial charge on any atom is -0.456 e. The highest BCUT2D eigenvalue weighted by Crippen LogP contribution is 2.50. The molecule has 0 saturated heterocycles. The van der Waals surface area contributed by atoms with Crippen LogP contribution in [0.25, 0.3) is 66.1 Å². The third-order valence-corrected chi connectivity index (χ3v) is 12.9. The second-order valence-electron chi connectivity index (χ2n) is 17.0. The van der Waals surface area contributed by atoms with Gasteiger partial charge in [-0.05, 0) is 121 Å². The molecular formula is C60H54N2O. The van der Waals surface area contributed by atoms with Crippen LogP contribution < -0.4 is 4.90 Å². The van der Waals surface area contributed by atoms with E-state index >= 15 is 0 Å². The van der Waals surface area contributed by atoms with Crippen LogP contribution in [0.5, 0.6) is 0 Å². The second kappa shape index (κ2) is 17.2. The van der Waals surface area contributed by atoms with Crippen molar-refractivity contribution in [2.24, 2.45) is 5.41 Å². The molecule has 0 N–H and O–H groups in total. The normalized spacial score (nSPS) is 15.7. The molecule has 1 aliphatic carbocycles. The number of allylic oxidation sites excluding steroid dienone is 13. The number of para-hydroxylation sites is 2. The summed E-state index contributed by atoms with van der Waals surface area (Å²) in [5.41, 5.74) is 17.2. The van der Waals surface area contributed by atoms with Gasteiger partial charge in [0.2, 0.25) is 0 Å². The Morgan fingerprint density at radius 3 is 2.06 bits per heavy atom. The third kappa shape index (κ3) is 7.55. The molecule has 0 amide bonds. The fourth-order valence-corrected chi connectivity index (χ4v) is 9.76. The van der Waals surface area contributed by atoms with Crippen LogP contribution in [-0.4, -0.2) is 4.57 Å². The summed E-state index contributed by atoms with van der Waals surface area (Å²) in [6.07, 6.45) is 17.1. The van der Waals surface area contributed by atoms with E-state index in [1.807, 2.05) is 24.3 Å². The van der Waals surface area contributed by atoms with Crippen LogP contribution in [-0.2, 0) is 0 Å². The lowest BCUT2D eigenvalue weighted by Gasteiger charge is -2.30. The number of anilines is 1. The second-order valence-corrected chi connectivity index (χ2v) is 17.0. The standard InChI is InChI=1S/C60H54N2O/c1-8-21-50(40-47-39-46(53(10-3)60(47,6)7)38-41(4)43-22-13-11-14-23-43)61(49-34-31-45(32-35-49)44-24-15-12-16-25-44)42(5)30-33-48(9-2)62-54-28-19-17-26-51(54)58-55(62)36-37-57-59(58)52-27-18-20-29-56(52)63-57/h8-9,11-38,40H,1-2,10,39H2,3-7H3/b41-38+,42-30+,47-40+,48-33+,50-21+. The van der Waals surface area contributed by atoms with Gasteiger partial charge in [-0.15, -0.1) is 0 Å². The fourth-order valence-electron chi connectivity index (χ4n) is 9.76. The van der Waals surface area contributed by atoms with E-state index in [1.165, 1.54) is 49.8 Å². The molecule has 3 heteroatoms. The Bertz CT molecular complexity index is 3230. The van der Waals surface area contributed by atoms with E-state index in [-0.39, 0.29) is 5.41 Å². The highest BCUT2D eigenvalue weighted by atomic mass is 16.3. The molecule has 0 spiro atoms. The molecule has 8 aromatic rings. The van der Waals surface area contributed by atoms with Gasteiger partial charge in [0, 0.05) is 49.7 Å². The van der Waals surface area contributed by atoms with E-state index < -0.39 is 0 Å². The quantitative estimate of drug-likeness (QED) is 0.115. The van der Waals surface area contributed by atoms with Crippen LogP contribution in [0.15, 0.2) is 234 Å². The molecule has 0 saturated carbocycles. The molecule has 63 heavy (non-hydrogen) atoms. The number of hydrogen-bond donors (Lipinski definition) is 0. The van der Waals surface area contributed by atoms with Crippen molar-refractivity contribution in [1.29, 1.82) is 0 Å². The smallest absolute Gasteiger partial charge is 0.136 e. The number of hydrogen-bond acceptors (Lipinski definition) is 2. The van der Waals surface area contributed by atoms with Crippen molar-refractivity contribution < 1.29 is 4.42 Å². The minimum atomic E-state index is -0.129. The van der Waals surface area contributed by atoms with Crippen LogP contribution >= 0.6 is 0 Å². The fraction of sp³-hybridized carbons (Fsp3) is 0.133. The molecule has 9 rings (SSSR count). The average Bonchev–Trinajstić information content (AvgIpc) is 3.93. The molecule has 0 aliphatic heterocycles. The summed E-state index contributed by atoms with van der Waals surface area (Å²) < 4.78 is 8.69. The molecule has 2 heterocycles. The predicted molar refractivity (Wildman–Crippen MR) is 271 cm³/mol. The van der Waals surface area contributed by atoms with E-state index in [4.69, 9.17) is 4.42 Å². The number of nitrogens with zero attached hydrogens (tertiary/aromatic N) is 2. The summed E-state index contributed by atoms with van der Waals surface area (Å²) in [4.78, 5) is 2.36. The first-order valence-electron chi connectivity index (χ1n) is 22.0. The van der Waals surface area contributed by atoms with Crippen LogP contribution in [0.4, 0.5) is 5.69 Å². The van der Waals surface area contributed by atoms with Crippen molar-refractivity contribution in [3.8, 4) is 11.1 Å². The van der Waals surface area contributed by atoms with Gasteiger partial charge in [0.05, 0.1) is 11.0 Å². The van der Waals surface area contributed by atoms with Crippen LogP contribution in [0, 0.1) is 5.41 Å². The topological polar surface area (TPSA) is 21.3 Å². The number of rotatable bonds is 12. The maximum Gasteiger partial charge on any atom is 0.136 e. The molecule has 2 aromatic heterocycles. The Morgan fingerprint density at radius 1 is 0.683 bits per heavy atom. The molecule has 3 nitrogen and oxygen atoms in total. The van der Waals surface area contributed by atoms with Crippen molar-refractivity contribution in [1.82, 2.24) is 4.57 Å². The van der Waals surface area contributed by atoms with Crippen molar-refractivity contribution in [2.45, 2.75) is 47.5 Å². The average molecular weight is 819 g/mol. The first kappa shape index (κ1) is 41.0. The summed E-state index contributed by atoms with van der Waals surface area (Å²) in [5.74, 6) is 0. The Balaban J connectivity index is 1.17. The monoisotopic (exact) mass is 818 g/mol. The van der Waals surface area contributed by atoms with Crippen LogP contribution in [0.2, 0.25) is 0 Å². The molecule has 0 bridgehead atoms. The van der Waals surface area contributed by atoms with E-state index in [9.17, 15) is 0 Å². The summed E-state index contributed by atoms with van der Waals surface area (Å²) in [6.45, 7) is 20.1. The van der Waals surface area contributed by atoms with E-state index in [0.717, 1.165) is 68.6 Å². The predicted octanol–water partition coefficient (Wildman–Crippen LogP) is 17.0. The Labute approximate surface area is 372 Å². The van der Waals surface area contributed by atoms with Crippen LogP contribution in [0.1, 0.15) is 53.0 Å². The van der Waals surface area contributed by atoms with Gasteiger partial charge in [-0.25, -0.2) is 0 Å². The zero-order valence-electron chi connectivity index (χ0n) is 37.0. The van der Waals surface area contributed by atoms with Gasteiger partial charge in [-0.1, -0.05) is 166 Å². The van der Waals surface area contributed by atoms with Gasteiger partial charge in [-0.2, -0.15) is 0 Å². The molecule has 310 valence electrons. The number of furan rings is 1. The summed E-state index contributed by atoms with van der Waals surface area (Å²) in [6, 6.07) is 51.4. The molecule has 0 unspecified atom stereocenters. The third-order valence-electron chi connectivity index (χ3n) is 12.9. The largest absolute Gasteiger partial charge is 0.456 e. The van der Waals surface area contributed by atoms with Crippen molar-refractivity contribution in [3.63, 3.8) is 0 Å². The zero-order chi connectivity index (χ0) is 43.7. The van der Waals surface area contributed by atoms with Gasteiger partial charge in [-0.3, -0.25) is 0 Å². The summed E-state index contributed by atoms with van der Waals surface area (Å²) in [7, 11) is 0. The van der Waals surface area contributed by atoms with Crippen LogP contribution in [0.3, 0.4) is 0 Å². The lowest BCUT2D eigenvalue weighted by molar-refractivity contribution is 0.537. The maximum absolute atomic E-state index is 6.36. The van der Waals surface area contributed by atoms with Crippen molar-refractivity contribution in [3.05, 3.63) is 235 Å². The number of fused-ring (bicyclic) bond motifs is 7. The van der Waals surface area contributed by atoms with E-state index in [2.05, 4.69) is 221 Å². The molecule has 0 fully saturated rings.